The maximum Gasteiger partial charge on any atom is 0.247 e. The molecule has 0 unspecified atom stereocenters. The molecule has 1 aliphatic rings. The van der Waals surface area contributed by atoms with Crippen LogP contribution in [0.25, 0.3) is 0 Å². The third kappa shape index (κ3) is 4.55. The number of benzene rings is 3. The molecule has 5 nitrogen and oxygen atoms in total. The molecule has 3 aromatic carbocycles. The van der Waals surface area contributed by atoms with Gasteiger partial charge in [-0.15, -0.1) is 0 Å². The lowest BCUT2D eigenvalue weighted by Gasteiger charge is -2.16. The summed E-state index contributed by atoms with van der Waals surface area (Å²) in [5.74, 6) is -0.338. The third-order valence-corrected chi connectivity index (χ3v) is 5.50. The van der Waals surface area contributed by atoms with Gasteiger partial charge in [-0.05, 0) is 36.4 Å². The van der Waals surface area contributed by atoms with Crippen LogP contribution in [0, 0.1) is 0 Å². The molecule has 1 heterocycles. The van der Waals surface area contributed by atoms with E-state index in [1.807, 2.05) is 91.0 Å². The third-order valence-electron chi connectivity index (χ3n) is 4.36. The number of hydrogen-bond acceptors (Lipinski definition) is 4. The van der Waals surface area contributed by atoms with Gasteiger partial charge in [0.15, 0.2) is 5.17 Å². The first-order valence-corrected chi connectivity index (χ1v) is 10.1. The Labute approximate surface area is 173 Å². The van der Waals surface area contributed by atoms with Gasteiger partial charge in [0.1, 0.15) is 5.25 Å². The molecule has 1 atom stereocenters. The van der Waals surface area contributed by atoms with Crippen molar-refractivity contribution in [1.29, 1.82) is 0 Å². The molecule has 1 fully saturated rings. The number of carbonyl (C=O) groups excluding carboxylic acids is 2. The normalized spacial score (nSPS) is 17.5. The standard InChI is InChI=1S/C23H19N3O2S/c27-21(24-17-10-4-1-5-11-17)16-20-22(28)26(19-14-8-3-9-15-19)23(29-20)25-18-12-6-2-7-13-18/h1-15,20H,16H2,(H,24,27)/t20-/m1/s1. The molecule has 29 heavy (non-hydrogen) atoms. The summed E-state index contributed by atoms with van der Waals surface area (Å²) in [5, 5.41) is 2.89. The Morgan fingerprint density at radius 1 is 0.897 bits per heavy atom. The zero-order valence-corrected chi connectivity index (χ0v) is 16.4. The second-order valence-corrected chi connectivity index (χ2v) is 7.63. The fraction of sp³-hybridized carbons (Fsp3) is 0.0870. The minimum absolute atomic E-state index is 0.0789. The van der Waals surface area contributed by atoms with Crippen molar-refractivity contribution in [1.82, 2.24) is 0 Å². The maximum atomic E-state index is 13.1. The first kappa shape index (κ1) is 19.0. The molecular formula is C23H19N3O2S. The van der Waals surface area contributed by atoms with Crippen molar-refractivity contribution in [3.8, 4) is 0 Å². The molecule has 1 saturated heterocycles. The van der Waals surface area contributed by atoms with E-state index in [0.29, 0.717) is 10.9 Å². The van der Waals surface area contributed by atoms with Crippen LogP contribution in [0.4, 0.5) is 17.1 Å². The van der Waals surface area contributed by atoms with Gasteiger partial charge in [-0.1, -0.05) is 66.4 Å². The van der Waals surface area contributed by atoms with E-state index < -0.39 is 5.25 Å². The number of rotatable bonds is 5. The van der Waals surface area contributed by atoms with Crippen molar-refractivity contribution in [2.45, 2.75) is 11.7 Å². The highest BCUT2D eigenvalue weighted by atomic mass is 32.2. The Kier molecular flexibility index (Phi) is 5.72. The van der Waals surface area contributed by atoms with Crippen LogP contribution in [0.3, 0.4) is 0 Å². The molecule has 3 aromatic rings. The summed E-state index contributed by atoms with van der Waals surface area (Å²) < 4.78 is 0. The monoisotopic (exact) mass is 401 g/mol. The van der Waals surface area contributed by atoms with Crippen molar-refractivity contribution in [2.24, 2.45) is 4.99 Å². The summed E-state index contributed by atoms with van der Waals surface area (Å²) >= 11 is 1.32. The van der Waals surface area contributed by atoms with Crippen molar-refractivity contribution in [2.75, 3.05) is 10.2 Å². The molecule has 1 aliphatic heterocycles. The Bertz CT molecular complexity index is 1020. The molecule has 0 aliphatic carbocycles. The molecule has 0 saturated carbocycles. The zero-order chi connectivity index (χ0) is 20.1. The minimum Gasteiger partial charge on any atom is -0.326 e. The molecule has 0 radical (unpaired) electrons. The van der Waals surface area contributed by atoms with Gasteiger partial charge in [0.05, 0.1) is 11.4 Å². The summed E-state index contributed by atoms with van der Waals surface area (Å²) in [6.07, 6.45) is 0.0789. The lowest BCUT2D eigenvalue weighted by molar-refractivity contribution is -0.121. The van der Waals surface area contributed by atoms with Crippen molar-refractivity contribution >= 4 is 45.8 Å². The van der Waals surface area contributed by atoms with Gasteiger partial charge in [-0.25, -0.2) is 4.99 Å². The van der Waals surface area contributed by atoms with Crippen LogP contribution in [0.15, 0.2) is 96.0 Å². The number of nitrogens with one attached hydrogen (secondary N) is 1. The number of nitrogens with zero attached hydrogens (tertiary/aromatic N) is 2. The second-order valence-electron chi connectivity index (χ2n) is 6.46. The van der Waals surface area contributed by atoms with E-state index in [9.17, 15) is 9.59 Å². The van der Waals surface area contributed by atoms with E-state index in [1.165, 1.54) is 11.8 Å². The topological polar surface area (TPSA) is 61.8 Å². The van der Waals surface area contributed by atoms with Crippen LogP contribution < -0.4 is 10.2 Å². The van der Waals surface area contributed by atoms with Crippen LogP contribution in [0.1, 0.15) is 6.42 Å². The number of anilines is 2. The highest BCUT2D eigenvalue weighted by molar-refractivity contribution is 8.16. The number of hydrogen-bond donors (Lipinski definition) is 1. The van der Waals surface area contributed by atoms with Gasteiger partial charge in [0.2, 0.25) is 11.8 Å². The summed E-state index contributed by atoms with van der Waals surface area (Å²) in [6, 6.07) is 28.1. The molecule has 2 amide bonds. The minimum atomic E-state index is -0.526. The van der Waals surface area contributed by atoms with E-state index >= 15 is 0 Å². The summed E-state index contributed by atoms with van der Waals surface area (Å²) in [7, 11) is 0. The van der Waals surface area contributed by atoms with Crippen LogP contribution in [0.5, 0.6) is 0 Å². The van der Waals surface area contributed by atoms with Crippen LogP contribution >= 0.6 is 11.8 Å². The average Bonchev–Trinajstić information content (AvgIpc) is 3.04. The van der Waals surface area contributed by atoms with Gasteiger partial charge in [0, 0.05) is 12.1 Å². The summed E-state index contributed by atoms with van der Waals surface area (Å²) in [4.78, 5) is 31.9. The van der Waals surface area contributed by atoms with Crippen LogP contribution in [-0.4, -0.2) is 22.2 Å². The first-order chi connectivity index (χ1) is 14.2. The smallest absolute Gasteiger partial charge is 0.247 e. The Hall–Kier alpha value is -3.38. The van der Waals surface area contributed by atoms with E-state index in [-0.39, 0.29) is 18.2 Å². The quantitative estimate of drug-likeness (QED) is 0.665. The highest BCUT2D eigenvalue weighted by Gasteiger charge is 2.40. The fourth-order valence-corrected chi connectivity index (χ4v) is 4.16. The molecule has 0 aromatic heterocycles. The van der Waals surface area contributed by atoms with Crippen molar-refractivity contribution < 1.29 is 9.59 Å². The Balaban J connectivity index is 1.57. The molecule has 1 N–H and O–H groups in total. The molecule has 144 valence electrons. The lowest BCUT2D eigenvalue weighted by Crippen LogP contribution is -2.33. The number of amidine groups is 1. The number of carbonyl (C=O) groups is 2. The average molecular weight is 401 g/mol. The van der Waals surface area contributed by atoms with Gasteiger partial charge >= 0.3 is 0 Å². The molecule has 6 heteroatoms. The van der Waals surface area contributed by atoms with E-state index in [2.05, 4.69) is 10.3 Å². The van der Waals surface area contributed by atoms with Gasteiger partial charge in [0.25, 0.3) is 0 Å². The van der Waals surface area contributed by atoms with E-state index in [0.717, 1.165) is 11.4 Å². The Morgan fingerprint density at radius 2 is 1.48 bits per heavy atom. The predicted octanol–water partition coefficient (Wildman–Crippen LogP) is 4.85. The Morgan fingerprint density at radius 3 is 2.14 bits per heavy atom. The molecule has 4 rings (SSSR count). The highest BCUT2D eigenvalue weighted by Crippen LogP contribution is 2.35. The van der Waals surface area contributed by atoms with Crippen molar-refractivity contribution in [3.63, 3.8) is 0 Å². The second kappa shape index (κ2) is 8.75. The maximum absolute atomic E-state index is 13.1. The van der Waals surface area contributed by atoms with Crippen molar-refractivity contribution in [3.05, 3.63) is 91.0 Å². The predicted molar refractivity (Wildman–Crippen MR) is 119 cm³/mol. The number of aliphatic imine (C=N–C) groups is 1. The molecule has 0 bridgehead atoms. The zero-order valence-electron chi connectivity index (χ0n) is 15.6. The fourth-order valence-electron chi connectivity index (χ4n) is 3.00. The summed E-state index contributed by atoms with van der Waals surface area (Å²) in [5.41, 5.74) is 2.22. The summed E-state index contributed by atoms with van der Waals surface area (Å²) in [6.45, 7) is 0. The van der Waals surface area contributed by atoms with Gasteiger partial charge < -0.3 is 5.32 Å². The SMILES string of the molecule is O=C(C[C@H]1SC(=Nc2ccccc2)N(c2ccccc2)C1=O)Nc1ccccc1. The van der Waals surface area contributed by atoms with E-state index in [4.69, 9.17) is 0 Å². The lowest BCUT2D eigenvalue weighted by atomic mass is 10.2. The molecular weight excluding hydrogens is 382 g/mol. The first-order valence-electron chi connectivity index (χ1n) is 9.25. The number of para-hydroxylation sites is 3. The van der Waals surface area contributed by atoms with E-state index in [1.54, 1.807) is 4.90 Å². The largest absolute Gasteiger partial charge is 0.326 e. The molecule has 0 spiro atoms. The van der Waals surface area contributed by atoms with Crippen LogP contribution in [0.2, 0.25) is 0 Å². The number of amides is 2. The van der Waals surface area contributed by atoms with Crippen LogP contribution in [-0.2, 0) is 9.59 Å². The van der Waals surface area contributed by atoms with Gasteiger partial charge in [-0.3, -0.25) is 14.5 Å². The number of thioether (sulfide) groups is 1. The van der Waals surface area contributed by atoms with Gasteiger partial charge in [-0.2, -0.15) is 0 Å².